The number of hydrogen-bond acceptors (Lipinski definition) is 4. The van der Waals surface area contributed by atoms with Crippen molar-refractivity contribution in [1.29, 1.82) is 0 Å². The van der Waals surface area contributed by atoms with Crippen molar-refractivity contribution in [3.63, 3.8) is 0 Å². The first-order valence-corrected chi connectivity index (χ1v) is 6.04. The Morgan fingerprint density at radius 2 is 2.18 bits per heavy atom. The van der Waals surface area contributed by atoms with Crippen LogP contribution in [-0.4, -0.2) is 41.4 Å². The van der Waals surface area contributed by atoms with Gasteiger partial charge in [0.2, 0.25) is 0 Å². The van der Waals surface area contributed by atoms with Crippen molar-refractivity contribution in [2.75, 3.05) is 19.8 Å². The maximum Gasteiger partial charge on any atom is 0.162 e. The number of aromatic nitrogens is 2. The van der Waals surface area contributed by atoms with Gasteiger partial charge in [0, 0.05) is 13.2 Å². The number of rotatable bonds is 4. The molecular formula is C12H21N3O2. The Kier molecular flexibility index (Phi) is 3.81. The largest absolute Gasteiger partial charge is 0.349 e. The predicted octanol–water partition coefficient (Wildman–Crippen LogP) is 0.704. The zero-order valence-electron chi connectivity index (χ0n) is 10.8. The van der Waals surface area contributed by atoms with Crippen molar-refractivity contribution in [2.24, 2.45) is 7.05 Å². The van der Waals surface area contributed by atoms with Crippen LogP contribution >= 0.6 is 0 Å². The molecule has 17 heavy (non-hydrogen) atoms. The Balaban J connectivity index is 1.66. The summed E-state index contributed by atoms with van der Waals surface area (Å²) in [7, 11) is 1.93. The minimum absolute atomic E-state index is 0.291. The Morgan fingerprint density at radius 3 is 2.76 bits per heavy atom. The van der Waals surface area contributed by atoms with Gasteiger partial charge < -0.3 is 14.8 Å². The smallest absolute Gasteiger partial charge is 0.162 e. The molecule has 1 N–H and O–H groups in total. The van der Waals surface area contributed by atoms with Crippen LogP contribution in [0.3, 0.4) is 0 Å². The molecule has 0 unspecified atom stereocenters. The lowest BCUT2D eigenvalue weighted by atomic mass is 10.2. The molecule has 0 bridgehead atoms. The predicted molar refractivity (Wildman–Crippen MR) is 64.7 cm³/mol. The topological polar surface area (TPSA) is 48.3 Å². The van der Waals surface area contributed by atoms with E-state index in [9.17, 15) is 0 Å². The number of ether oxygens (including phenoxy) is 2. The van der Waals surface area contributed by atoms with E-state index in [2.05, 4.69) is 10.4 Å². The molecule has 1 aromatic rings. The van der Waals surface area contributed by atoms with Crippen LogP contribution in [0.15, 0.2) is 12.4 Å². The van der Waals surface area contributed by atoms with Gasteiger partial charge in [-0.05, 0) is 32.4 Å². The van der Waals surface area contributed by atoms with Gasteiger partial charge in [0.15, 0.2) is 5.79 Å². The lowest BCUT2D eigenvalue weighted by Gasteiger charge is -2.35. The molecule has 5 heteroatoms. The normalized spacial score (nSPS) is 20.6. The molecule has 5 nitrogen and oxygen atoms in total. The molecule has 1 saturated heterocycles. The molecule has 1 aliphatic heterocycles. The molecule has 0 spiro atoms. The van der Waals surface area contributed by atoms with Crippen LogP contribution in [0.4, 0.5) is 0 Å². The Morgan fingerprint density at radius 1 is 1.47 bits per heavy atom. The molecular weight excluding hydrogens is 218 g/mol. The number of nitrogens with one attached hydrogen (secondary N) is 1. The third kappa shape index (κ3) is 3.80. The summed E-state index contributed by atoms with van der Waals surface area (Å²) in [6, 6.07) is 0.291. The number of aryl methyl sites for hydroxylation is 1. The fourth-order valence-electron chi connectivity index (χ4n) is 1.83. The molecule has 1 aliphatic rings. The lowest BCUT2D eigenvalue weighted by molar-refractivity contribution is -0.252. The van der Waals surface area contributed by atoms with Crippen LogP contribution in [0.5, 0.6) is 0 Å². The minimum Gasteiger partial charge on any atom is -0.349 e. The van der Waals surface area contributed by atoms with E-state index in [1.165, 1.54) is 5.56 Å². The van der Waals surface area contributed by atoms with E-state index >= 15 is 0 Å². The molecule has 0 radical (unpaired) electrons. The first kappa shape index (κ1) is 12.5. The second-order valence-corrected chi connectivity index (χ2v) is 4.95. The van der Waals surface area contributed by atoms with Gasteiger partial charge in [0.1, 0.15) is 0 Å². The summed E-state index contributed by atoms with van der Waals surface area (Å²) in [6.45, 7) is 6.22. The van der Waals surface area contributed by atoms with Crippen LogP contribution in [0.2, 0.25) is 0 Å². The summed E-state index contributed by atoms with van der Waals surface area (Å²) in [4.78, 5) is 0. The summed E-state index contributed by atoms with van der Waals surface area (Å²) in [5, 5.41) is 7.57. The highest BCUT2D eigenvalue weighted by atomic mass is 16.7. The van der Waals surface area contributed by atoms with Gasteiger partial charge in [-0.3, -0.25) is 4.68 Å². The Bertz CT molecular complexity index is 352. The van der Waals surface area contributed by atoms with Crippen molar-refractivity contribution in [3.8, 4) is 0 Å². The van der Waals surface area contributed by atoms with Gasteiger partial charge in [0.25, 0.3) is 0 Å². The quantitative estimate of drug-likeness (QED) is 0.840. The highest BCUT2D eigenvalue weighted by Crippen LogP contribution is 2.16. The summed E-state index contributed by atoms with van der Waals surface area (Å²) >= 11 is 0. The van der Waals surface area contributed by atoms with Crippen LogP contribution in [0.1, 0.15) is 19.4 Å². The molecule has 2 heterocycles. The molecule has 0 amide bonds. The monoisotopic (exact) mass is 239 g/mol. The van der Waals surface area contributed by atoms with E-state index in [1.807, 2.05) is 38.0 Å². The first-order chi connectivity index (χ1) is 8.05. The third-order valence-electron chi connectivity index (χ3n) is 2.87. The lowest BCUT2D eigenvalue weighted by Crippen LogP contribution is -2.48. The molecule has 0 saturated carbocycles. The molecule has 2 rings (SSSR count). The van der Waals surface area contributed by atoms with E-state index in [0.717, 1.165) is 13.0 Å². The summed E-state index contributed by atoms with van der Waals surface area (Å²) in [6.07, 6.45) is 4.92. The average molecular weight is 239 g/mol. The number of hydrogen-bond donors (Lipinski definition) is 1. The molecule has 1 fully saturated rings. The van der Waals surface area contributed by atoms with Crippen molar-refractivity contribution in [3.05, 3.63) is 18.0 Å². The highest BCUT2D eigenvalue weighted by Gasteiger charge is 2.27. The van der Waals surface area contributed by atoms with Crippen molar-refractivity contribution in [1.82, 2.24) is 15.1 Å². The Hall–Kier alpha value is -0.910. The van der Waals surface area contributed by atoms with E-state index in [4.69, 9.17) is 9.47 Å². The first-order valence-electron chi connectivity index (χ1n) is 6.04. The SMILES string of the molecule is Cn1cc(CCNC2COC(C)(C)OC2)cn1. The summed E-state index contributed by atoms with van der Waals surface area (Å²) in [5.41, 5.74) is 1.25. The standard InChI is InChI=1S/C12H21N3O2/c1-12(2)16-8-11(9-17-12)13-5-4-10-6-14-15(3)7-10/h6-7,11,13H,4-5,8-9H2,1-3H3. The van der Waals surface area contributed by atoms with Crippen molar-refractivity contribution >= 4 is 0 Å². The van der Waals surface area contributed by atoms with E-state index in [1.54, 1.807) is 0 Å². The maximum atomic E-state index is 5.58. The molecule has 0 aromatic carbocycles. The highest BCUT2D eigenvalue weighted by molar-refractivity contribution is 5.03. The van der Waals surface area contributed by atoms with Crippen LogP contribution < -0.4 is 5.32 Å². The fraction of sp³-hybridized carbons (Fsp3) is 0.750. The molecule has 0 atom stereocenters. The van der Waals surface area contributed by atoms with Gasteiger partial charge in [-0.25, -0.2) is 0 Å². The molecule has 96 valence electrons. The van der Waals surface area contributed by atoms with Gasteiger partial charge >= 0.3 is 0 Å². The second-order valence-electron chi connectivity index (χ2n) is 4.95. The van der Waals surface area contributed by atoms with Crippen molar-refractivity contribution < 1.29 is 9.47 Å². The van der Waals surface area contributed by atoms with Gasteiger partial charge in [-0.2, -0.15) is 5.10 Å². The zero-order valence-corrected chi connectivity index (χ0v) is 10.8. The van der Waals surface area contributed by atoms with Crippen molar-refractivity contribution in [2.45, 2.75) is 32.1 Å². The van der Waals surface area contributed by atoms with Gasteiger partial charge in [0.05, 0.1) is 25.5 Å². The fourth-order valence-corrected chi connectivity index (χ4v) is 1.83. The summed E-state index contributed by atoms with van der Waals surface area (Å²) in [5.74, 6) is -0.429. The van der Waals surface area contributed by atoms with Crippen LogP contribution in [0.25, 0.3) is 0 Å². The summed E-state index contributed by atoms with van der Waals surface area (Å²) < 4.78 is 13.0. The van der Waals surface area contributed by atoms with Crippen LogP contribution in [-0.2, 0) is 22.9 Å². The third-order valence-corrected chi connectivity index (χ3v) is 2.87. The van der Waals surface area contributed by atoms with E-state index in [0.29, 0.717) is 19.3 Å². The van der Waals surface area contributed by atoms with E-state index < -0.39 is 5.79 Å². The maximum absolute atomic E-state index is 5.58. The van der Waals surface area contributed by atoms with Gasteiger partial charge in [-0.1, -0.05) is 0 Å². The van der Waals surface area contributed by atoms with Crippen LogP contribution in [0, 0.1) is 0 Å². The average Bonchev–Trinajstić information content (AvgIpc) is 2.67. The second kappa shape index (κ2) is 5.16. The molecule has 1 aromatic heterocycles. The number of nitrogens with zero attached hydrogens (tertiary/aromatic N) is 2. The zero-order chi connectivity index (χ0) is 12.3. The van der Waals surface area contributed by atoms with Gasteiger partial charge in [-0.15, -0.1) is 0 Å². The van der Waals surface area contributed by atoms with E-state index in [-0.39, 0.29) is 0 Å². The molecule has 0 aliphatic carbocycles. The Labute approximate surface area is 102 Å². The minimum atomic E-state index is -0.429.